The molecule has 3 atom stereocenters. The number of carbonyl (C=O) groups is 3. The van der Waals surface area contributed by atoms with Crippen molar-refractivity contribution in [2.75, 3.05) is 19.0 Å². The quantitative estimate of drug-likeness (QED) is 0.275. The number of alkyl carbamates (subject to hydrolysis) is 1. The van der Waals surface area contributed by atoms with Gasteiger partial charge in [-0.05, 0) is 52.7 Å². The Hall–Kier alpha value is -4.13. The van der Waals surface area contributed by atoms with E-state index in [2.05, 4.69) is 15.6 Å². The molecule has 1 aliphatic heterocycles. The van der Waals surface area contributed by atoms with Crippen LogP contribution in [-0.4, -0.2) is 81.4 Å². The van der Waals surface area contributed by atoms with Crippen LogP contribution in [0.2, 0.25) is 0 Å². The molecule has 4 rings (SSSR count). The predicted octanol–water partition coefficient (Wildman–Crippen LogP) is 5.17. The molecule has 44 heavy (non-hydrogen) atoms. The minimum Gasteiger partial charge on any atom is -0.497 e. The van der Waals surface area contributed by atoms with Crippen LogP contribution in [0.15, 0.2) is 29.6 Å². The summed E-state index contributed by atoms with van der Waals surface area (Å²) in [5.41, 5.74) is 1.10. The lowest BCUT2D eigenvalue weighted by molar-refractivity contribution is -0.149. The molecular weight excluding hydrogens is 586 g/mol. The summed E-state index contributed by atoms with van der Waals surface area (Å²) in [4.78, 5) is 49.3. The Morgan fingerprint density at radius 3 is 2.43 bits per heavy atom. The van der Waals surface area contributed by atoms with Crippen LogP contribution in [0.5, 0.6) is 11.5 Å². The first-order valence-corrected chi connectivity index (χ1v) is 15.4. The van der Waals surface area contributed by atoms with Crippen molar-refractivity contribution in [3.8, 4) is 22.9 Å². The van der Waals surface area contributed by atoms with E-state index in [-0.39, 0.29) is 24.9 Å². The number of hydrogen-bond acceptors (Lipinski definition) is 10. The van der Waals surface area contributed by atoms with E-state index in [1.165, 1.54) is 16.2 Å². The Kier molecular flexibility index (Phi) is 9.87. The highest BCUT2D eigenvalue weighted by atomic mass is 32.1. The Bertz CT molecular complexity index is 1520. The smallest absolute Gasteiger partial charge is 0.408 e. The van der Waals surface area contributed by atoms with Crippen molar-refractivity contribution in [2.24, 2.45) is 5.92 Å². The lowest BCUT2D eigenvalue weighted by Crippen LogP contribution is -2.54. The third kappa shape index (κ3) is 7.87. The number of benzene rings is 1. The average Bonchev–Trinajstić information content (AvgIpc) is 3.57. The number of pyridine rings is 1. The highest BCUT2D eigenvalue weighted by molar-refractivity contribution is 7.14. The van der Waals surface area contributed by atoms with Gasteiger partial charge in [0.15, 0.2) is 5.13 Å². The molecular formula is C31H41N5O7S. The summed E-state index contributed by atoms with van der Waals surface area (Å²) in [6, 6.07) is 5.31. The first-order valence-electron chi connectivity index (χ1n) is 14.6. The number of anilines is 1. The molecule has 13 heteroatoms. The second-order valence-electron chi connectivity index (χ2n) is 12.4. The summed E-state index contributed by atoms with van der Waals surface area (Å²) in [5, 5.41) is 19.4. The summed E-state index contributed by atoms with van der Waals surface area (Å²) < 4.78 is 17.2. The number of aliphatic carboxylic acids is 1. The zero-order chi connectivity index (χ0) is 32.3. The van der Waals surface area contributed by atoms with Gasteiger partial charge in [0.25, 0.3) is 0 Å². The van der Waals surface area contributed by atoms with Gasteiger partial charge in [0.1, 0.15) is 41.0 Å². The normalized spacial score (nSPS) is 17.5. The first kappa shape index (κ1) is 32.8. The third-order valence-corrected chi connectivity index (χ3v) is 7.66. The van der Waals surface area contributed by atoms with E-state index in [0.717, 1.165) is 5.13 Å². The highest BCUT2D eigenvalue weighted by Crippen LogP contribution is 2.35. The minimum absolute atomic E-state index is 0.0173. The number of thiazole rings is 1. The number of carboxylic acid groups (broad SMARTS) is 1. The SMILES string of the molecule is COc1ccc2c(OC3CC(C(=O)O)N(C(=O)[C@@H](NC(=O)OC(C)(C)C)C(C)C)C3)cc(-c3csc(NC(C)C)n3)nc2c1. The third-order valence-electron chi connectivity index (χ3n) is 6.89. The lowest BCUT2D eigenvalue weighted by Gasteiger charge is -2.30. The van der Waals surface area contributed by atoms with Crippen molar-refractivity contribution < 1.29 is 33.7 Å². The molecule has 3 N–H and O–H groups in total. The molecule has 1 saturated heterocycles. The van der Waals surface area contributed by atoms with Crippen molar-refractivity contribution in [2.45, 2.75) is 84.7 Å². The van der Waals surface area contributed by atoms with Gasteiger partial charge in [-0.2, -0.15) is 0 Å². The Balaban J connectivity index is 1.63. The highest BCUT2D eigenvalue weighted by Gasteiger charge is 2.44. The Labute approximate surface area is 261 Å². The number of carbonyl (C=O) groups excluding carboxylic acids is 2. The number of fused-ring (bicyclic) bond motifs is 1. The van der Waals surface area contributed by atoms with Crippen LogP contribution in [0.3, 0.4) is 0 Å². The fourth-order valence-corrected chi connectivity index (χ4v) is 5.75. The van der Waals surface area contributed by atoms with Gasteiger partial charge in [-0.3, -0.25) is 4.79 Å². The largest absolute Gasteiger partial charge is 0.497 e. The number of carboxylic acids is 1. The van der Waals surface area contributed by atoms with Crippen LogP contribution in [0.25, 0.3) is 22.3 Å². The van der Waals surface area contributed by atoms with Crippen LogP contribution < -0.4 is 20.1 Å². The zero-order valence-corrected chi connectivity index (χ0v) is 27.2. The molecule has 238 valence electrons. The van der Waals surface area contributed by atoms with Crippen LogP contribution in [0.1, 0.15) is 54.9 Å². The van der Waals surface area contributed by atoms with E-state index in [4.69, 9.17) is 19.2 Å². The van der Waals surface area contributed by atoms with E-state index in [1.807, 2.05) is 25.3 Å². The van der Waals surface area contributed by atoms with E-state index in [1.54, 1.807) is 59.9 Å². The fourth-order valence-electron chi connectivity index (χ4n) is 4.90. The molecule has 0 bridgehead atoms. The van der Waals surface area contributed by atoms with Gasteiger partial charge in [0, 0.05) is 35.4 Å². The Morgan fingerprint density at radius 1 is 1.09 bits per heavy atom. The number of ether oxygens (including phenoxy) is 3. The number of likely N-dealkylation sites (tertiary alicyclic amines) is 1. The van der Waals surface area contributed by atoms with E-state index >= 15 is 0 Å². The van der Waals surface area contributed by atoms with Crippen LogP contribution in [0.4, 0.5) is 9.93 Å². The maximum atomic E-state index is 13.7. The molecule has 1 aromatic carbocycles. The number of amides is 2. The molecule has 2 unspecified atom stereocenters. The molecule has 3 aromatic rings. The fraction of sp³-hybridized carbons (Fsp3) is 0.516. The molecule has 0 radical (unpaired) electrons. The molecule has 0 aliphatic carbocycles. The molecule has 3 heterocycles. The van der Waals surface area contributed by atoms with Crippen molar-refractivity contribution in [1.82, 2.24) is 20.2 Å². The van der Waals surface area contributed by atoms with Gasteiger partial charge in [0.2, 0.25) is 5.91 Å². The van der Waals surface area contributed by atoms with Gasteiger partial charge in [-0.1, -0.05) is 13.8 Å². The van der Waals surface area contributed by atoms with E-state index in [9.17, 15) is 19.5 Å². The second-order valence-corrected chi connectivity index (χ2v) is 13.3. The number of aromatic nitrogens is 2. The van der Waals surface area contributed by atoms with Crippen molar-refractivity contribution in [3.05, 3.63) is 29.6 Å². The minimum atomic E-state index is -1.15. The molecule has 1 aliphatic rings. The van der Waals surface area contributed by atoms with Crippen LogP contribution in [-0.2, 0) is 14.3 Å². The summed E-state index contributed by atoms with van der Waals surface area (Å²) in [6.07, 6.45) is -1.32. The molecule has 2 aromatic heterocycles. The average molecular weight is 628 g/mol. The molecule has 2 amide bonds. The van der Waals surface area contributed by atoms with Gasteiger partial charge in [0.05, 0.1) is 24.9 Å². The van der Waals surface area contributed by atoms with Gasteiger partial charge in [-0.25, -0.2) is 19.6 Å². The zero-order valence-electron chi connectivity index (χ0n) is 26.3. The van der Waals surface area contributed by atoms with Crippen molar-refractivity contribution in [1.29, 1.82) is 0 Å². The molecule has 0 saturated carbocycles. The molecule has 12 nitrogen and oxygen atoms in total. The van der Waals surface area contributed by atoms with Crippen LogP contribution in [0, 0.1) is 5.92 Å². The lowest BCUT2D eigenvalue weighted by atomic mass is 10.0. The van der Waals surface area contributed by atoms with Crippen molar-refractivity contribution >= 4 is 45.3 Å². The first-order chi connectivity index (χ1) is 20.6. The van der Waals surface area contributed by atoms with Gasteiger partial charge >= 0.3 is 12.1 Å². The second kappa shape index (κ2) is 13.2. The maximum absolute atomic E-state index is 13.7. The van der Waals surface area contributed by atoms with Gasteiger partial charge < -0.3 is 34.9 Å². The summed E-state index contributed by atoms with van der Waals surface area (Å²) in [7, 11) is 1.57. The molecule has 0 spiro atoms. The summed E-state index contributed by atoms with van der Waals surface area (Å²) >= 11 is 1.47. The number of nitrogens with one attached hydrogen (secondary N) is 2. The standard InChI is InChI=1S/C31H41N5O7S/c1-16(2)26(35-30(40)43-31(5,6)7)27(37)36-14-19(12-24(36)28(38)39)42-25-13-22(23-15-44-29(34-23)32-17(3)4)33-21-11-18(41-8)9-10-20(21)25/h9-11,13,15-17,19,24,26H,12,14H2,1-8H3,(H,32,34)(H,35,40)(H,38,39)/t19?,24?,26-/m0/s1. The number of hydrogen-bond donors (Lipinski definition) is 3. The maximum Gasteiger partial charge on any atom is 0.408 e. The van der Waals surface area contributed by atoms with E-state index < -0.39 is 41.8 Å². The van der Waals surface area contributed by atoms with Crippen LogP contribution >= 0.6 is 11.3 Å². The van der Waals surface area contributed by atoms with Crippen molar-refractivity contribution in [3.63, 3.8) is 0 Å². The van der Waals surface area contributed by atoms with E-state index in [0.29, 0.717) is 33.8 Å². The monoisotopic (exact) mass is 627 g/mol. The predicted molar refractivity (Wildman–Crippen MR) is 168 cm³/mol. The summed E-state index contributed by atoms with van der Waals surface area (Å²) in [6.45, 7) is 12.8. The Morgan fingerprint density at radius 2 is 1.82 bits per heavy atom. The van der Waals surface area contributed by atoms with Gasteiger partial charge in [-0.15, -0.1) is 11.3 Å². The molecule has 1 fully saturated rings. The number of rotatable bonds is 10. The number of nitrogens with zero attached hydrogens (tertiary/aromatic N) is 3. The topological polar surface area (TPSA) is 152 Å². The summed E-state index contributed by atoms with van der Waals surface area (Å²) in [5.74, 6) is -0.882. The number of methoxy groups -OCH3 is 1.